The molecule has 0 saturated heterocycles. The van der Waals surface area contributed by atoms with Crippen LogP contribution in [0.25, 0.3) is 0 Å². The van der Waals surface area contributed by atoms with Crippen molar-refractivity contribution in [3.8, 4) is 0 Å². The molecule has 0 aromatic heterocycles. The lowest BCUT2D eigenvalue weighted by molar-refractivity contribution is -0.0997. The Balaban J connectivity index is 2.48. The first-order chi connectivity index (χ1) is 8.71. The molecule has 0 aliphatic heterocycles. The maximum absolute atomic E-state index is 5.14. The van der Waals surface area contributed by atoms with E-state index in [1.807, 2.05) is 0 Å². The highest BCUT2D eigenvalue weighted by atomic mass is 16.7. The summed E-state index contributed by atoms with van der Waals surface area (Å²) in [6.45, 7) is 3.43. The van der Waals surface area contributed by atoms with E-state index < -0.39 is 0 Å². The smallest absolute Gasteiger partial charge is 0.169 e. The molecule has 0 saturated carbocycles. The molecule has 4 nitrogen and oxygen atoms in total. The van der Waals surface area contributed by atoms with Crippen LogP contribution in [0.2, 0.25) is 0 Å². The van der Waals surface area contributed by atoms with Gasteiger partial charge in [-0.25, -0.2) is 0 Å². The largest absolute Gasteiger partial charge is 0.380 e. The van der Waals surface area contributed by atoms with Crippen molar-refractivity contribution in [2.45, 2.75) is 25.9 Å². The monoisotopic (exact) mass is 253 g/mol. The maximum atomic E-state index is 5.14. The fourth-order valence-corrected chi connectivity index (χ4v) is 1.72. The van der Waals surface area contributed by atoms with Gasteiger partial charge in [0.05, 0.1) is 6.61 Å². The predicted octanol–water partition coefficient (Wildman–Crippen LogP) is 2.10. The summed E-state index contributed by atoms with van der Waals surface area (Å²) in [5.41, 5.74) is 2.42. The van der Waals surface area contributed by atoms with Crippen LogP contribution in [0.15, 0.2) is 24.3 Å². The molecule has 1 N–H and O–H groups in total. The third-order valence-corrected chi connectivity index (χ3v) is 2.91. The van der Waals surface area contributed by atoms with E-state index in [9.17, 15) is 0 Å². The highest BCUT2D eigenvalue weighted by Gasteiger charge is 2.09. The molecule has 0 fully saturated rings. The minimum Gasteiger partial charge on any atom is -0.380 e. The van der Waals surface area contributed by atoms with Crippen LogP contribution in [0.3, 0.4) is 0 Å². The van der Waals surface area contributed by atoms with Gasteiger partial charge in [-0.05, 0) is 18.1 Å². The van der Waals surface area contributed by atoms with E-state index in [1.54, 1.807) is 21.3 Å². The minimum atomic E-state index is -0.208. The van der Waals surface area contributed by atoms with Crippen molar-refractivity contribution in [3.63, 3.8) is 0 Å². The average molecular weight is 253 g/mol. The molecule has 0 spiro atoms. The second kappa shape index (κ2) is 8.21. The second-order valence-electron chi connectivity index (χ2n) is 4.21. The number of rotatable bonds is 8. The first-order valence-corrected chi connectivity index (χ1v) is 6.08. The Bertz CT molecular complexity index is 322. The topological polar surface area (TPSA) is 39.7 Å². The first-order valence-electron chi connectivity index (χ1n) is 6.08. The molecule has 1 atom stereocenters. The fourth-order valence-electron chi connectivity index (χ4n) is 1.72. The Morgan fingerprint density at radius 1 is 1.06 bits per heavy atom. The van der Waals surface area contributed by atoms with Crippen LogP contribution in [-0.4, -0.2) is 34.2 Å². The van der Waals surface area contributed by atoms with E-state index in [0.717, 1.165) is 0 Å². The molecule has 102 valence electrons. The van der Waals surface area contributed by atoms with Gasteiger partial charge in [0, 0.05) is 33.9 Å². The van der Waals surface area contributed by atoms with Crippen molar-refractivity contribution in [3.05, 3.63) is 35.4 Å². The number of methoxy groups -OCH3 is 3. The molecule has 1 aromatic carbocycles. The van der Waals surface area contributed by atoms with Gasteiger partial charge < -0.3 is 19.5 Å². The molecule has 0 bridgehead atoms. The number of hydrogen-bond donors (Lipinski definition) is 1. The maximum Gasteiger partial charge on any atom is 0.169 e. The molecule has 0 radical (unpaired) electrons. The molecule has 0 aliphatic rings. The summed E-state index contributed by atoms with van der Waals surface area (Å²) < 4.78 is 15.4. The number of benzene rings is 1. The normalized spacial score (nSPS) is 12.9. The van der Waals surface area contributed by atoms with Crippen LogP contribution in [0, 0.1) is 0 Å². The van der Waals surface area contributed by atoms with Gasteiger partial charge in [-0.1, -0.05) is 24.3 Å². The summed E-state index contributed by atoms with van der Waals surface area (Å²) in [7, 11) is 4.98. The molecule has 0 amide bonds. The molecular formula is C14H23NO3. The van der Waals surface area contributed by atoms with E-state index in [4.69, 9.17) is 14.2 Å². The summed E-state index contributed by atoms with van der Waals surface area (Å²) in [5, 5.41) is 3.37. The van der Waals surface area contributed by atoms with Crippen molar-refractivity contribution in [2.75, 3.05) is 27.9 Å². The summed E-state index contributed by atoms with van der Waals surface area (Å²) in [6, 6.07) is 8.65. The van der Waals surface area contributed by atoms with Crippen LogP contribution >= 0.6 is 0 Å². The molecule has 4 heteroatoms. The summed E-state index contributed by atoms with van der Waals surface area (Å²) in [5.74, 6) is 0. The Hall–Kier alpha value is -0.940. The van der Waals surface area contributed by atoms with Crippen molar-refractivity contribution in [2.24, 2.45) is 0 Å². The lowest BCUT2D eigenvalue weighted by atomic mass is 10.1. The van der Waals surface area contributed by atoms with Crippen LogP contribution in [0.1, 0.15) is 24.1 Å². The van der Waals surface area contributed by atoms with E-state index in [-0.39, 0.29) is 12.3 Å². The van der Waals surface area contributed by atoms with E-state index >= 15 is 0 Å². The average Bonchev–Trinajstić information content (AvgIpc) is 2.41. The molecule has 0 heterocycles. The van der Waals surface area contributed by atoms with Crippen LogP contribution in [0.4, 0.5) is 0 Å². The molecule has 1 unspecified atom stereocenters. The zero-order chi connectivity index (χ0) is 13.4. The number of ether oxygens (including phenoxy) is 3. The van der Waals surface area contributed by atoms with Gasteiger partial charge in [-0.15, -0.1) is 0 Å². The molecule has 0 aliphatic carbocycles. The Kier molecular flexibility index (Phi) is 6.90. The quantitative estimate of drug-likeness (QED) is 0.720. The van der Waals surface area contributed by atoms with E-state index in [2.05, 4.69) is 36.5 Å². The van der Waals surface area contributed by atoms with E-state index in [0.29, 0.717) is 13.2 Å². The molecule has 1 rings (SSSR count). The highest BCUT2D eigenvalue weighted by Crippen LogP contribution is 2.14. The molecule has 1 aromatic rings. The fraction of sp³-hybridized carbons (Fsp3) is 0.571. The standard InChI is InChI=1S/C14H23NO3/c1-11(15-9-14(17-3)18-4)13-7-5-12(6-8-13)10-16-2/h5-8,11,14-15H,9-10H2,1-4H3. The van der Waals surface area contributed by atoms with Crippen molar-refractivity contribution < 1.29 is 14.2 Å². The SMILES string of the molecule is COCc1ccc(C(C)NCC(OC)OC)cc1. The zero-order valence-corrected chi connectivity index (χ0v) is 11.6. The highest BCUT2D eigenvalue weighted by molar-refractivity contribution is 5.24. The van der Waals surface area contributed by atoms with Gasteiger partial charge in [0.25, 0.3) is 0 Å². The van der Waals surface area contributed by atoms with Gasteiger partial charge in [0.1, 0.15) is 0 Å². The van der Waals surface area contributed by atoms with E-state index in [1.165, 1.54) is 11.1 Å². The lowest BCUT2D eigenvalue weighted by Gasteiger charge is -2.19. The molecule has 18 heavy (non-hydrogen) atoms. The van der Waals surface area contributed by atoms with Crippen LogP contribution in [0.5, 0.6) is 0 Å². The Labute approximate surface area is 109 Å². The summed E-state index contributed by atoms with van der Waals surface area (Å²) >= 11 is 0. The van der Waals surface area contributed by atoms with Crippen LogP contribution in [-0.2, 0) is 20.8 Å². The Morgan fingerprint density at radius 3 is 2.17 bits per heavy atom. The van der Waals surface area contributed by atoms with Crippen LogP contribution < -0.4 is 5.32 Å². The van der Waals surface area contributed by atoms with Gasteiger partial charge in [0.2, 0.25) is 0 Å². The first kappa shape index (κ1) is 15.1. The lowest BCUT2D eigenvalue weighted by Crippen LogP contribution is -2.31. The van der Waals surface area contributed by atoms with Crippen molar-refractivity contribution in [1.29, 1.82) is 0 Å². The number of nitrogens with one attached hydrogen (secondary N) is 1. The third kappa shape index (κ3) is 4.74. The summed E-state index contributed by atoms with van der Waals surface area (Å²) in [4.78, 5) is 0. The Morgan fingerprint density at radius 2 is 1.67 bits per heavy atom. The third-order valence-electron chi connectivity index (χ3n) is 2.91. The van der Waals surface area contributed by atoms with Gasteiger partial charge in [-0.3, -0.25) is 0 Å². The minimum absolute atomic E-state index is 0.208. The van der Waals surface area contributed by atoms with Crippen molar-refractivity contribution in [1.82, 2.24) is 5.32 Å². The van der Waals surface area contributed by atoms with Gasteiger partial charge in [0.15, 0.2) is 6.29 Å². The zero-order valence-electron chi connectivity index (χ0n) is 11.6. The predicted molar refractivity (Wildman–Crippen MR) is 71.4 cm³/mol. The number of hydrogen-bond acceptors (Lipinski definition) is 4. The van der Waals surface area contributed by atoms with Gasteiger partial charge in [-0.2, -0.15) is 0 Å². The van der Waals surface area contributed by atoms with Crippen molar-refractivity contribution >= 4 is 0 Å². The second-order valence-corrected chi connectivity index (χ2v) is 4.21. The molecular weight excluding hydrogens is 230 g/mol. The summed E-state index contributed by atoms with van der Waals surface area (Å²) in [6.07, 6.45) is -0.208. The van der Waals surface area contributed by atoms with Gasteiger partial charge >= 0.3 is 0 Å².